The number of benzene rings is 2. The van der Waals surface area contributed by atoms with Gasteiger partial charge in [0.05, 0.1) is 4.88 Å². The second-order valence-corrected chi connectivity index (χ2v) is 6.48. The molecular weight excluding hydrogens is 272 g/mol. The molecule has 0 N–H and O–H groups in total. The van der Waals surface area contributed by atoms with Crippen molar-refractivity contribution in [3.8, 4) is 0 Å². The van der Waals surface area contributed by atoms with Gasteiger partial charge < -0.3 is 0 Å². The van der Waals surface area contributed by atoms with Gasteiger partial charge in [-0.15, -0.1) is 11.3 Å². The number of thiophene rings is 1. The lowest BCUT2D eigenvalue weighted by atomic mass is 10.2. The number of fused-ring (bicyclic) bond motifs is 1. The average molecular weight is 284 g/mol. The first kappa shape index (κ1) is 12.5. The van der Waals surface area contributed by atoms with Gasteiger partial charge in [0, 0.05) is 9.60 Å². The van der Waals surface area contributed by atoms with E-state index in [1.165, 1.54) is 17.3 Å². The molecule has 2 aromatic carbocycles. The van der Waals surface area contributed by atoms with Crippen LogP contribution in [0.15, 0.2) is 59.5 Å². The zero-order valence-corrected chi connectivity index (χ0v) is 12.1. The van der Waals surface area contributed by atoms with E-state index in [0.29, 0.717) is 0 Å². The minimum Gasteiger partial charge on any atom is -0.280 e. The predicted molar refractivity (Wildman–Crippen MR) is 83.2 cm³/mol. The number of thioether (sulfide) groups is 1. The van der Waals surface area contributed by atoms with Crippen molar-refractivity contribution in [1.82, 2.24) is 0 Å². The minimum absolute atomic E-state index is 0.116. The summed E-state index contributed by atoms with van der Waals surface area (Å²) in [6.07, 6.45) is 0. The largest absolute Gasteiger partial charge is 0.280 e. The van der Waals surface area contributed by atoms with Crippen molar-refractivity contribution in [2.45, 2.75) is 11.8 Å². The van der Waals surface area contributed by atoms with Gasteiger partial charge in [0.25, 0.3) is 0 Å². The molecule has 1 nitrogen and oxygen atoms in total. The summed E-state index contributed by atoms with van der Waals surface area (Å²) in [5, 5.41) is 1.26. The number of rotatable bonds is 2. The molecule has 0 bridgehead atoms. The Hall–Kier alpha value is -1.58. The smallest absolute Gasteiger partial charge is 0.234 e. The Labute approximate surface area is 120 Å². The molecule has 0 unspecified atom stereocenters. The van der Waals surface area contributed by atoms with Crippen LogP contribution in [0.5, 0.6) is 0 Å². The first-order chi connectivity index (χ1) is 9.22. The van der Waals surface area contributed by atoms with Gasteiger partial charge in [0.1, 0.15) is 0 Å². The van der Waals surface area contributed by atoms with Crippen molar-refractivity contribution >= 4 is 38.3 Å². The van der Waals surface area contributed by atoms with Crippen LogP contribution in [0, 0.1) is 6.92 Å². The highest BCUT2D eigenvalue weighted by Crippen LogP contribution is 2.31. The van der Waals surface area contributed by atoms with Crippen LogP contribution >= 0.6 is 23.1 Å². The van der Waals surface area contributed by atoms with Crippen molar-refractivity contribution in [3.05, 3.63) is 65.0 Å². The van der Waals surface area contributed by atoms with E-state index in [1.54, 1.807) is 11.3 Å². The zero-order chi connectivity index (χ0) is 13.2. The summed E-state index contributed by atoms with van der Waals surface area (Å²) in [5.41, 5.74) is 1.21. The molecule has 0 saturated carbocycles. The van der Waals surface area contributed by atoms with E-state index in [0.717, 1.165) is 19.9 Å². The van der Waals surface area contributed by atoms with Crippen molar-refractivity contribution in [1.29, 1.82) is 0 Å². The minimum atomic E-state index is 0.116. The zero-order valence-electron chi connectivity index (χ0n) is 10.4. The summed E-state index contributed by atoms with van der Waals surface area (Å²) in [4.78, 5) is 14.0. The van der Waals surface area contributed by atoms with Gasteiger partial charge in [0.2, 0.25) is 5.12 Å². The molecule has 0 saturated heterocycles. The third-order valence-corrected chi connectivity index (χ3v) is 5.02. The molecule has 94 valence electrons. The molecule has 3 heteroatoms. The maximum atomic E-state index is 12.2. The Balaban J connectivity index is 1.85. The Morgan fingerprint density at radius 3 is 2.53 bits per heavy atom. The van der Waals surface area contributed by atoms with Crippen LogP contribution in [0.25, 0.3) is 10.1 Å². The standard InChI is InChI=1S/C16H12OS2/c1-11-6-8-13(9-7-11)18-16(17)15-10-12-4-2-3-5-14(12)19-15/h2-10H,1H3. The van der Waals surface area contributed by atoms with Crippen LogP contribution in [0.2, 0.25) is 0 Å². The highest BCUT2D eigenvalue weighted by molar-refractivity contribution is 8.14. The molecule has 19 heavy (non-hydrogen) atoms. The Kier molecular flexibility index (Phi) is 3.40. The summed E-state index contributed by atoms with van der Waals surface area (Å²) in [5.74, 6) is 0. The molecule has 0 aliphatic carbocycles. The van der Waals surface area contributed by atoms with E-state index < -0.39 is 0 Å². The van der Waals surface area contributed by atoms with Crippen LogP contribution in [0.1, 0.15) is 15.2 Å². The summed E-state index contributed by atoms with van der Waals surface area (Å²) >= 11 is 2.85. The number of aryl methyl sites for hydroxylation is 1. The van der Waals surface area contributed by atoms with Crippen LogP contribution in [0.3, 0.4) is 0 Å². The summed E-state index contributed by atoms with van der Waals surface area (Å²) < 4.78 is 1.16. The second-order valence-electron chi connectivity index (χ2n) is 4.35. The van der Waals surface area contributed by atoms with Crippen molar-refractivity contribution in [3.63, 3.8) is 0 Å². The molecule has 1 heterocycles. The molecule has 3 rings (SSSR count). The number of carbonyl (C=O) groups is 1. The summed E-state index contributed by atoms with van der Waals surface area (Å²) in [7, 11) is 0. The maximum absolute atomic E-state index is 12.2. The maximum Gasteiger partial charge on any atom is 0.234 e. The molecule has 0 radical (unpaired) electrons. The van der Waals surface area contributed by atoms with Crippen LogP contribution in [0.4, 0.5) is 0 Å². The topological polar surface area (TPSA) is 17.1 Å². The third-order valence-electron chi connectivity index (χ3n) is 2.86. The SMILES string of the molecule is Cc1ccc(SC(=O)c2cc3ccccc3s2)cc1. The van der Waals surface area contributed by atoms with Gasteiger partial charge in [-0.3, -0.25) is 4.79 Å². The normalized spacial score (nSPS) is 10.8. The van der Waals surface area contributed by atoms with Gasteiger partial charge in [0.15, 0.2) is 0 Å². The quantitative estimate of drug-likeness (QED) is 0.606. The lowest BCUT2D eigenvalue weighted by molar-refractivity contribution is 0.109. The molecule has 0 aliphatic rings. The second kappa shape index (κ2) is 5.19. The molecule has 0 atom stereocenters. The van der Waals surface area contributed by atoms with Crippen LogP contribution in [-0.4, -0.2) is 5.12 Å². The Morgan fingerprint density at radius 2 is 1.79 bits per heavy atom. The van der Waals surface area contributed by atoms with E-state index in [-0.39, 0.29) is 5.12 Å². The molecule has 1 aromatic heterocycles. The van der Waals surface area contributed by atoms with Crippen molar-refractivity contribution in [2.75, 3.05) is 0 Å². The van der Waals surface area contributed by atoms with E-state index in [1.807, 2.05) is 61.5 Å². The fourth-order valence-corrected chi connectivity index (χ4v) is 3.64. The van der Waals surface area contributed by atoms with Gasteiger partial charge in [-0.2, -0.15) is 0 Å². The van der Waals surface area contributed by atoms with Crippen LogP contribution < -0.4 is 0 Å². The lowest BCUT2D eigenvalue weighted by Gasteiger charge is -1.99. The van der Waals surface area contributed by atoms with Crippen molar-refractivity contribution < 1.29 is 4.79 Å². The molecule has 0 aliphatic heterocycles. The number of hydrogen-bond donors (Lipinski definition) is 0. The highest BCUT2D eigenvalue weighted by Gasteiger charge is 2.11. The summed E-state index contributed by atoms with van der Waals surface area (Å²) in [6, 6.07) is 18.1. The van der Waals surface area contributed by atoms with Crippen LogP contribution in [-0.2, 0) is 0 Å². The molecular formula is C16H12OS2. The Bertz CT molecular complexity index is 693. The lowest BCUT2D eigenvalue weighted by Crippen LogP contribution is -1.88. The Morgan fingerprint density at radius 1 is 1.05 bits per heavy atom. The first-order valence-corrected chi connectivity index (χ1v) is 7.63. The van der Waals surface area contributed by atoms with Gasteiger partial charge in [-0.25, -0.2) is 0 Å². The van der Waals surface area contributed by atoms with E-state index in [4.69, 9.17) is 0 Å². The number of carbonyl (C=O) groups excluding carboxylic acids is 1. The third kappa shape index (κ3) is 2.72. The average Bonchev–Trinajstić information content (AvgIpc) is 2.85. The first-order valence-electron chi connectivity index (χ1n) is 6.00. The van der Waals surface area contributed by atoms with Gasteiger partial charge in [-0.05, 0) is 48.3 Å². The fraction of sp³-hybridized carbons (Fsp3) is 0.0625. The van der Waals surface area contributed by atoms with Crippen molar-refractivity contribution in [2.24, 2.45) is 0 Å². The number of hydrogen-bond acceptors (Lipinski definition) is 3. The highest BCUT2D eigenvalue weighted by atomic mass is 32.2. The summed E-state index contributed by atoms with van der Waals surface area (Å²) in [6.45, 7) is 2.04. The molecule has 0 amide bonds. The fourth-order valence-electron chi connectivity index (χ4n) is 1.85. The van der Waals surface area contributed by atoms with E-state index in [2.05, 4.69) is 0 Å². The monoisotopic (exact) mass is 284 g/mol. The molecule has 3 aromatic rings. The molecule has 0 spiro atoms. The van der Waals surface area contributed by atoms with Gasteiger partial charge >= 0.3 is 0 Å². The van der Waals surface area contributed by atoms with E-state index >= 15 is 0 Å². The van der Waals surface area contributed by atoms with Gasteiger partial charge in [-0.1, -0.05) is 35.9 Å². The molecule has 0 fully saturated rings. The van der Waals surface area contributed by atoms with E-state index in [9.17, 15) is 4.79 Å². The predicted octanol–water partition coefficient (Wildman–Crippen LogP) is 5.14.